The van der Waals surface area contributed by atoms with Crippen molar-refractivity contribution in [1.29, 1.82) is 0 Å². The van der Waals surface area contributed by atoms with Gasteiger partial charge in [0.15, 0.2) is 0 Å². The van der Waals surface area contributed by atoms with Gasteiger partial charge in [0.2, 0.25) is 0 Å². The highest BCUT2D eigenvalue weighted by molar-refractivity contribution is 7.09. The number of ether oxygens (including phenoxy) is 1. The monoisotopic (exact) mass is 256 g/mol. The lowest BCUT2D eigenvalue weighted by Gasteiger charge is -2.24. The Labute approximate surface area is 109 Å². The molecule has 98 valence electrons. The highest BCUT2D eigenvalue weighted by atomic mass is 32.1. The molecule has 1 N–H and O–H groups in total. The molecule has 1 aromatic rings. The van der Waals surface area contributed by atoms with Crippen LogP contribution in [0.2, 0.25) is 0 Å². The molecule has 0 spiro atoms. The van der Waals surface area contributed by atoms with E-state index in [-0.39, 0.29) is 0 Å². The van der Waals surface area contributed by atoms with E-state index in [0.29, 0.717) is 6.04 Å². The average Bonchev–Trinajstić information content (AvgIpc) is 2.82. The molecule has 0 radical (unpaired) electrons. The minimum atomic E-state index is 0.562. The van der Waals surface area contributed by atoms with Crippen LogP contribution in [0.5, 0.6) is 0 Å². The molecule has 0 aliphatic carbocycles. The zero-order valence-electron chi connectivity index (χ0n) is 11.1. The van der Waals surface area contributed by atoms with Crippen LogP contribution >= 0.6 is 11.3 Å². The standard InChI is InChI=1S/C13H24N2OS/c1-12(15(2)7-5-8-16-3)10-14-11-13-6-4-9-17-13/h4,6,9,12,14H,5,7-8,10-11H2,1-3H3. The summed E-state index contributed by atoms with van der Waals surface area (Å²) in [6, 6.07) is 4.83. The highest BCUT2D eigenvalue weighted by Crippen LogP contribution is 2.07. The van der Waals surface area contributed by atoms with E-state index in [9.17, 15) is 0 Å². The van der Waals surface area contributed by atoms with E-state index in [4.69, 9.17) is 4.74 Å². The van der Waals surface area contributed by atoms with Gasteiger partial charge in [-0.05, 0) is 31.8 Å². The number of methoxy groups -OCH3 is 1. The molecular weight excluding hydrogens is 232 g/mol. The molecule has 0 saturated carbocycles. The molecule has 0 saturated heterocycles. The lowest BCUT2D eigenvalue weighted by Crippen LogP contribution is -2.38. The number of hydrogen-bond donors (Lipinski definition) is 1. The third-order valence-corrected chi connectivity index (χ3v) is 3.81. The second-order valence-corrected chi connectivity index (χ2v) is 5.42. The van der Waals surface area contributed by atoms with Gasteiger partial charge in [0.25, 0.3) is 0 Å². The molecule has 1 atom stereocenters. The van der Waals surface area contributed by atoms with Gasteiger partial charge in [0, 0.05) is 44.3 Å². The van der Waals surface area contributed by atoms with Gasteiger partial charge in [-0.3, -0.25) is 0 Å². The summed E-state index contributed by atoms with van der Waals surface area (Å²) in [6.45, 7) is 6.21. The fourth-order valence-electron chi connectivity index (χ4n) is 1.65. The first-order valence-electron chi connectivity index (χ1n) is 6.16. The maximum atomic E-state index is 5.06. The summed E-state index contributed by atoms with van der Waals surface area (Å²) in [4.78, 5) is 3.78. The second-order valence-electron chi connectivity index (χ2n) is 4.39. The third kappa shape index (κ3) is 6.17. The largest absolute Gasteiger partial charge is 0.385 e. The molecule has 3 nitrogen and oxygen atoms in total. The molecule has 1 rings (SSSR count). The SMILES string of the molecule is COCCCN(C)C(C)CNCc1cccs1. The molecule has 0 aliphatic rings. The van der Waals surface area contributed by atoms with E-state index in [1.807, 2.05) is 11.3 Å². The molecule has 0 aromatic carbocycles. The van der Waals surface area contributed by atoms with Crippen molar-refractivity contribution in [2.45, 2.75) is 25.9 Å². The van der Waals surface area contributed by atoms with E-state index in [1.54, 1.807) is 7.11 Å². The molecule has 17 heavy (non-hydrogen) atoms. The molecule has 0 aliphatic heterocycles. The summed E-state index contributed by atoms with van der Waals surface area (Å²) in [6.07, 6.45) is 1.10. The van der Waals surface area contributed by atoms with Gasteiger partial charge in [-0.25, -0.2) is 0 Å². The lowest BCUT2D eigenvalue weighted by molar-refractivity contribution is 0.167. The van der Waals surface area contributed by atoms with Crippen molar-refractivity contribution in [3.63, 3.8) is 0 Å². The van der Waals surface area contributed by atoms with E-state index in [1.165, 1.54) is 4.88 Å². The fraction of sp³-hybridized carbons (Fsp3) is 0.692. The first kappa shape index (κ1) is 14.6. The normalized spacial score (nSPS) is 13.2. The minimum Gasteiger partial charge on any atom is -0.385 e. The van der Waals surface area contributed by atoms with Gasteiger partial charge in [-0.1, -0.05) is 6.07 Å². The van der Waals surface area contributed by atoms with Crippen LogP contribution in [0.1, 0.15) is 18.2 Å². The van der Waals surface area contributed by atoms with Crippen LogP contribution in [0.25, 0.3) is 0 Å². The number of likely N-dealkylation sites (N-methyl/N-ethyl adjacent to an activating group) is 1. The topological polar surface area (TPSA) is 24.5 Å². The molecular formula is C13H24N2OS. The van der Waals surface area contributed by atoms with Crippen molar-refractivity contribution < 1.29 is 4.74 Å². The van der Waals surface area contributed by atoms with Crippen molar-refractivity contribution in [1.82, 2.24) is 10.2 Å². The predicted molar refractivity (Wildman–Crippen MR) is 74.6 cm³/mol. The fourth-order valence-corrected chi connectivity index (χ4v) is 2.33. The maximum absolute atomic E-state index is 5.06. The van der Waals surface area contributed by atoms with Crippen LogP contribution < -0.4 is 5.32 Å². The van der Waals surface area contributed by atoms with Crippen LogP contribution in [0.15, 0.2) is 17.5 Å². The van der Waals surface area contributed by atoms with E-state index >= 15 is 0 Å². The number of nitrogens with one attached hydrogen (secondary N) is 1. The summed E-state index contributed by atoms with van der Waals surface area (Å²) in [5, 5.41) is 5.62. The highest BCUT2D eigenvalue weighted by Gasteiger charge is 2.07. The maximum Gasteiger partial charge on any atom is 0.0474 e. The lowest BCUT2D eigenvalue weighted by atomic mass is 10.2. The van der Waals surface area contributed by atoms with Crippen molar-refractivity contribution in [2.24, 2.45) is 0 Å². The zero-order chi connectivity index (χ0) is 12.5. The summed E-state index contributed by atoms with van der Waals surface area (Å²) >= 11 is 1.81. The van der Waals surface area contributed by atoms with Crippen molar-refractivity contribution in [2.75, 3.05) is 33.9 Å². The van der Waals surface area contributed by atoms with Gasteiger partial charge < -0.3 is 15.0 Å². The smallest absolute Gasteiger partial charge is 0.0474 e. The van der Waals surface area contributed by atoms with Crippen LogP contribution in [0.4, 0.5) is 0 Å². The quantitative estimate of drug-likeness (QED) is 0.686. The second kappa shape index (κ2) is 8.64. The predicted octanol–water partition coefficient (Wildman–Crippen LogP) is 2.19. The van der Waals surface area contributed by atoms with E-state index in [0.717, 1.165) is 32.7 Å². The number of nitrogens with zero attached hydrogens (tertiary/aromatic N) is 1. The Kier molecular flexibility index (Phi) is 7.44. The molecule has 4 heteroatoms. The summed E-state index contributed by atoms with van der Waals surface area (Å²) in [5.41, 5.74) is 0. The van der Waals surface area contributed by atoms with Gasteiger partial charge >= 0.3 is 0 Å². The molecule has 1 unspecified atom stereocenters. The van der Waals surface area contributed by atoms with Crippen molar-refractivity contribution >= 4 is 11.3 Å². The Balaban J connectivity index is 2.09. The van der Waals surface area contributed by atoms with Gasteiger partial charge in [0.1, 0.15) is 0 Å². The molecule has 0 fully saturated rings. The van der Waals surface area contributed by atoms with Crippen LogP contribution in [-0.4, -0.2) is 44.8 Å². The first-order chi connectivity index (χ1) is 8.24. The Morgan fingerprint density at radius 1 is 1.53 bits per heavy atom. The number of thiophene rings is 1. The Morgan fingerprint density at radius 3 is 3.00 bits per heavy atom. The van der Waals surface area contributed by atoms with Crippen molar-refractivity contribution in [3.05, 3.63) is 22.4 Å². The molecule has 1 aromatic heterocycles. The Morgan fingerprint density at radius 2 is 2.35 bits per heavy atom. The van der Waals surface area contributed by atoms with E-state index < -0.39 is 0 Å². The first-order valence-corrected chi connectivity index (χ1v) is 7.04. The van der Waals surface area contributed by atoms with Gasteiger partial charge in [0.05, 0.1) is 0 Å². The Bertz CT molecular complexity index is 277. The minimum absolute atomic E-state index is 0.562. The third-order valence-electron chi connectivity index (χ3n) is 2.93. The number of rotatable bonds is 9. The van der Waals surface area contributed by atoms with Gasteiger partial charge in [-0.15, -0.1) is 11.3 Å². The van der Waals surface area contributed by atoms with Crippen LogP contribution in [-0.2, 0) is 11.3 Å². The molecule has 0 bridgehead atoms. The average molecular weight is 256 g/mol. The van der Waals surface area contributed by atoms with Crippen LogP contribution in [0.3, 0.4) is 0 Å². The summed E-state index contributed by atoms with van der Waals surface area (Å²) in [7, 11) is 3.93. The number of hydrogen-bond acceptors (Lipinski definition) is 4. The summed E-state index contributed by atoms with van der Waals surface area (Å²) < 4.78 is 5.06. The molecule has 1 heterocycles. The van der Waals surface area contributed by atoms with Gasteiger partial charge in [-0.2, -0.15) is 0 Å². The summed E-state index contributed by atoms with van der Waals surface area (Å²) in [5.74, 6) is 0. The zero-order valence-corrected chi connectivity index (χ0v) is 11.9. The van der Waals surface area contributed by atoms with E-state index in [2.05, 4.69) is 41.7 Å². The Hall–Kier alpha value is -0.420. The van der Waals surface area contributed by atoms with Crippen molar-refractivity contribution in [3.8, 4) is 0 Å². The van der Waals surface area contributed by atoms with Crippen LogP contribution in [0, 0.1) is 0 Å². The molecule has 0 amide bonds.